The summed E-state index contributed by atoms with van der Waals surface area (Å²) in [6.07, 6.45) is -3.39. The van der Waals surface area contributed by atoms with Crippen LogP contribution in [0, 0.1) is 17.2 Å². The molecule has 0 spiro atoms. The highest BCUT2D eigenvalue weighted by Crippen LogP contribution is 2.27. The van der Waals surface area contributed by atoms with Crippen molar-refractivity contribution in [3.63, 3.8) is 0 Å². The zero-order chi connectivity index (χ0) is 25.0. The van der Waals surface area contributed by atoms with Gasteiger partial charge in [0.2, 0.25) is 0 Å². The molecule has 1 saturated heterocycles. The molecule has 1 amide bonds. The number of alkyl halides is 3. The summed E-state index contributed by atoms with van der Waals surface area (Å²) in [5.41, 5.74) is 1.81. The number of nitriles is 1. The van der Waals surface area contributed by atoms with E-state index in [-0.39, 0.29) is 30.5 Å². The Balaban J connectivity index is 1.67. The molecule has 184 valence electrons. The summed E-state index contributed by atoms with van der Waals surface area (Å²) in [5, 5.41) is 22.7. The number of fused-ring (bicyclic) bond motifs is 1. The normalized spacial score (nSPS) is 15.5. The third-order valence-corrected chi connectivity index (χ3v) is 6.08. The maximum atomic E-state index is 13.3. The lowest BCUT2D eigenvalue weighted by molar-refractivity contribution is -0.274. The Morgan fingerprint density at radius 2 is 2.00 bits per heavy atom. The van der Waals surface area contributed by atoms with Crippen molar-refractivity contribution >= 4 is 16.8 Å². The number of halogens is 3. The second kappa shape index (κ2) is 10.4. The van der Waals surface area contributed by atoms with Crippen molar-refractivity contribution in [2.75, 3.05) is 19.8 Å². The molecule has 1 aromatic heterocycles. The topological polar surface area (TPSA) is 96.5 Å². The Bertz CT molecular complexity index is 1240. The Kier molecular flexibility index (Phi) is 7.28. The number of rotatable bonds is 7. The molecule has 7 nitrogen and oxygen atoms in total. The lowest BCUT2D eigenvalue weighted by Gasteiger charge is -2.29. The van der Waals surface area contributed by atoms with Crippen LogP contribution in [-0.2, 0) is 11.3 Å². The van der Waals surface area contributed by atoms with Crippen LogP contribution in [0.3, 0.4) is 0 Å². The lowest BCUT2D eigenvalue weighted by Crippen LogP contribution is -2.45. The summed E-state index contributed by atoms with van der Waals surface area (Å²) in [5.74, 6) is -0.714. The van der Waals surface area contributed by atoms with Crippen LogP contribution in [0.15, 0.2) is 48.5 Å². The van der Waals surface area contributed by atoms with E-state index in [9.17, 15) is 28.3 Å². The Morgan fingerprint density at radius 1 is 1.23 bits per heavy atom. The SMILES string of the molecule is N#Cc1ccc2c(c1)cc(C(=O)NC(CO)C1CCOCC1)n2Cc1cccc(OC(F)(F)F)c1. The second-order valence-corrected chi connectivity index (χ2v) is 8.41. The lowest BCUT2D eigenvalue weighted by atomic mass is 9.92. The van der Waals surface area contributed by atoms with E-state index >= 15 is 0 Å². The molecule has 1 fully saturated rings. The summed E-state index contributed by atoms with van der Waals surface area (Å²) in [4.78, 5) is 13.3. The van der Waals surface area contributed by atoms with Gasteiger partial charge in [-0.15, -0.1) is 13.2 Å². The van der Waals surface area contributed by atoms with Crippen molar-refractivity contribution in [3.8, 4) is 11.8 Å². The molecule has 1 atom stereocenters. The van der Waals surface area contributed by atoms with Crippen molar-refractivity contribution < 1.29 is 32.5 Å². The first-order chi connectivity index (χ1) is 16.8. The summed E-state index contributed by atoms with van der Waals surface area (Å²) >= 11 is 0. The highest BCUT2D eigenvalue weighted by atomic mass is 19.4. The average Bonchev–Trinajstić information content (AvgIpc) is 3.19. The molecule has 2 aromatic carbocycles. The maximum absolute atomic E-state index is 13.3. The summed E-state index contributed by atoms with van der Waals surface area (Å²) in [6, 6.07) is 13.8. The Morgan fingerprint density at radius 3 is 2.69 bits per heavy atom. The van der Waals surface area contributed by atoms with Gasteiger partial charge in [-0.25, -0.2) is 0 Å². The highest BCUT2D eigenvalue weighted by Gasteiger charge is 2.31. The molecule has 2 heterocycles. The third-order valence-electron chi connectivity index (χ3n) is 6.08. The number of nitrogens with one attached hydrogen (secondary N) is 1. The number of hydrogen-bond donors (Lipinski definition) is 2. The molecular formula is C25H24F3N3O4. The third kappa shape index (κ3) is 5.93. The van der Waals surface area contributed by atoms with E-state index in [1.165, 1.54) is 18.2 Å². The maximum Gasteiger partial charge on any atom is 0.573 e. The van der Waals surface area contributed by atoms with Crippen molar-refractivity contribution in [2.45, 2.75) is 31.8 Å². The van der Waals surface area contributed by atoms with Crippen LogP contribution in [0.25, 0.3) is 10.9 Å². The van der Waals surface area contributed by atoms with Crippen molar-refractivity contribution in [2.24, 2.45) is 5.92 Å². The molecule has 1 unspecified atom stereocenters. The molecule has 0 bridgehead atoms. The number of aliphatic hydroxyl groups is 1. The molecule has 35 heavy (non-hydrogen) atoms. The quantitative estimate of drug-likeness (QED) is 0.526. The van der Waals surface area contributed by atoms with E-state index in [0.29, 0.717) is 48.1 Å². The fourth-order valence-corrected chi connectivity index (χ4v) is 4.40. The molecule has 1 aliphatic rings. The molecule has 1 aliphatic heterocycles. The molecule has 3 aromatic rings. The number of benzene rings is 2. The minimum atomic E-state index is -4.82. The molecule has 0 radical (unpaired) electrons. The highest BCUT2D eigenvalue weighted by molar-refractivity contribution is 5.99. The van der Waals surface area contributed by atoms with E-state index in [2.05, 4.69) is 16.1 Å². The van der Waals surface area contributed by atoms with Gasteiger partial charge in [-0.05, 0) is 60.7 Å². The molecule has 0 saturated carbocycles. The summed E-state index contributed by atoms with van der Waals surface area (Å²) in [6.45, 7) is 0.982. The Labute approximate surface area is 199 Å². The number of hydrogen-bond acceptors (Lipinski definition) is 5. The van der Waals surface area contributed by atoms with Gasteiger partial charge in [0.15, 0.2) is 0 Å². The second-order valence-electron chi connectivity index (χ2n) is 8.41. The van der Waals surface area contributed by atoms with Crippen molar-refractivity contribution in [3.05, 3.63) is 65.4 Å². The predicted molar refractivity (Wildman–Crippen MR) is 121 cm³/mol. The molecular weight excluding hydrogens is 463 g/mol. The van der Waals surface area contributed by atoms with Gasteiger partial charge in [-0.2, -0.15) is 5.26 Å². The van der Waals surface area contributed by atoms with Crippen LogP contribution in [0.1, 0.15) is 34.5 Å². The van der Waals surface area contributed by atoms with E-state index in [1.807, 2.05) is 0 Å². The molecule has 10 heteroatoms. The number of aromatic nitrogens is 1. The van der Waals surface area contributed by atoms with Crippen LogP contribution in [-0.4, -0.2) is 47.8 Å². The van der Waals surface area contributed by atoms with E-state index in [4.69, 9.17) is 4.74 Å². The van der Waals surface area contributed by atoms with Gasteiger partial charge in [0.1, 0.15) is 11.4 Å². The first-order valence-corrected chi connectivity index (χ1v) is 11.1. The van der Waals surface area contributed by atoms with Gasteiger partial charge >= 0.3 is 6.36 Å². The zero-order valence-corrected chi connectivity index (χ0v) is 18.7. The monoisotopic (exact) mass is 487 g/mol. The van der Waals surface area contributed by atoms with E-state index in [0.717, 1.165) is 0 Å². The van der Waals surface area contributed by atoms with Crippen LogP contribution < -0.4 is 10.1 Å². The largest absolute Gasteiger partial charge is 0.573 e. The van der Waals surface area contributed by atoms with Crippen LogP contribution in [0.4, 0.5) is 13.2 Å². The van der Waals surface area contributed by atoms with Crippen LogP contribution in [0.2, 0.25) is 0 Å². The van der Waals surface area contributed by atoms with Gasteiger partial charge in [-0.3, -0.25) is 4.79 Å². The van der Waals surface area contributed by atoms with Gasteiger partial charge in [-0.1, -0.05) is 12.1 Å². The van der Waals surface area contributed by atoms with Crippen LogP contribution >= 0.6 is 0 Å². The Hall–Kier alpha value is -3.55. The van der Waals surface area contributed by atoms with Gasteiger partial charge in [0, 0.05) is 30.7 Å². The number of carbonyl (C=O) groups is 1. The fourth-order valence-electron chi connectivity index (χ4n) is 4.40. The number of amides is 1. The first-order valence-electron chi connectivity index (χ1n) is 11.1. The summed E-state index contributed by atoms with van der Waals surface area (Å²) in [7, 11) is 0. The molecule has 2 N–H and O–H groups in total. The number of aliphatic hydroxyl groups excluding tert-OH is 1. The molecule has 4 rings (SSSR count). The smallest absolute Gasteiger partial charge is 0.406 e. The minimum Gasteiger partial charge on any atom is -0.406 e. The van der Waals surface area contributed by atoms with E-state index in [1.54, 1.807) is 34.9 Å². The standard InChI is InChI=1S/C25H24F3N3O4/c26-25(27,28)35-20-3-1-2-17(11-20)14-31-22-5-4-16(13-29)10-19(22)12-23(31)24(33)30-21(15-32)18-6-8-34-9-7-18/h1-5,10-12,18,21,32H,6-9,14-15H2,(H,30,33). The van der Waals surface area contributed by atoms with Gasteiger partial charge in [0.05, 0.1) is 24.3 Å². The van der Waals surface area contributed by atoms with Crippen molar-refractivity contribution in [1.29, 1.82) is 5.26 Å². The first kappa shape index (κ1) is 24.6. The van der Waals surface area contributed by atoms with E-state index < -0.39 is 18.3 Å². The van der Waals surface area contributed by atoms with Gasteiger partial charge in [0.25, 0.3) is 5.91 Å². The number of ether oxygens (including phenoxy) is 2. The van der Waals surface area contributed by atoms with Crippen molar-refractivity contribution in [1.82, 2.24) is 9.88 Å². The molecule has 0 aliphatic carbocycles. The van der Waals surface area contributed by atoms with Crippen LogP contribution in [0.5, 0.6) is 5.75 Å². The average molecular weight is 487 g/mol. The zero-order valence-electron chi connectivity index (χ0n) is 18.7. The fraction of sp³-hybridized carbons (Fsp3) is 0.360. The number of carbonyl (C=O) groups excluding carboxylic acids is 1. The predicted octanol–water partition coefficient (Wildman–Crippen LogP) is 3.98. The minimum absolute atomic E-state index is 0.0666. The number of nitrogens with zero attached hydrogens (tertiary/aromatic N) is 2. The van der Waals surface area contributed by atoms with Gasteiger partial charge < -0.3 is 24.5 Å². The summed E-state index contributed by atoms with van der Waals surface area (Å²) < 4.78 is 49.1.